The molecule has 0 saturated heterocycles. The zero-order valence-corrected chi connectivity index (χ0v) is 11.2. The topological polar surface area (TPSA) is 96.6 Å². The lowest BCUT2D eigenvalue weighted by atomic mass is 10.1. The van der Waals surface area contributed by atoms with Crippen LogP contribution in [0.3, 0.4) is 0 Å². The fourth-order valence-corrected chi connectivity index (χ4v) is 2.35. The zero-order chi connectivity index (χ0) is 14.8. The fourth-order valence-electron chi connectivity index (χ4n) is 2.35. The maximum atomic E-state index is 10.9. The predicted octanol–water partition coefficient (Wildman–Crippen LogP) is 2.43. The van der Waals surface area contributed by atoms with Gasteiger partial charge in [-0.25, -0.2) is 4.79 Å². The third-order valence-corrected chi connectivity index (χ3v) is 3.25. The number of carbonyl (C=O) groups is 1. The minimum atomic E-state index is -0.600. The van der Waals surface area contributed by atoms with Gasteiger partial charge in [0.25, 0.3) is 0 Å². The van der Waals surface area contributed by atoms with Crippen molar-refractivity contribution in [1.29, 1.82) is 0 Å². The highest BCUT2D eigenvalue weighted by Crippen LogP contribution is 2.36. The van der Waals surface area contributed by atoms with Crippen molar-refractivity contribution in [1.82, 2.24) is 0 Å². The molecule has 2 amide bonds. The Hall–Kier alpha value is -2.89. The number of carbonyl (C=O) groups excluding carboxylic acids is 1. The van der Waals surface area contributed by atoms with Crippen LogP contribution in [0.25, 0.3) is 0 Å². The Labute approximate surface area is 121 Å². The summed E-state index contributed by atoms with van der Waals surface area (Å²) in [5, 5.41) is 15.3. The van der Waals surface area contributed by atoms with Crippen LogP contribution in [0.4, 0.5) is 16.2 Å². The van der Waals surface area contributed by atoms with E-state index in [4.69, 9.17) is 10.5 Å². The fraction of sp³-hybridized carbons (Fsp3) is 0.133. The molecular formula is C15H15N3O3. The molecule has 6 heteroatoms. The van der Waals surface area contributed by atoms with Crippen molar-refractivity contribution >= 4 is 17.4 Å². The van der Waals surface area contributed by atoms with Crippen LogP contribution in [0.15, 0.2) is 42.5 Å². The molecule has 0 bridgehead atoms. The molecule has 1 unspecified atom stereocenters. The molecule has 1 aliphatic rings. The summed E-state index contributed by atoms with van der Waals surface area (Å²) in [7, 11) is 0. The minimum Gasteiger partial charge on any atom is -0.508 e. The van der Waals surface area contributed by atoms with E-state index in [-0.39, 0.29) is 11.8 Å². The Kier molecular flexibility index (Phi) is 3.27. The number of amides is 2. The summed E-state index contributed by atoms with van der Waals surface area (Å²) < 4.78 is 5.55. The van der Waals surface area contributed by atoms with E-state index in [0.29, 0.717) is 18.0 Å². The van der Waals surface area contributed by atoms with Crippen LogP contribution < -0.4 is 21.1 Å². The molecule has 2 aromatic carbocycles. The highest BCUT2D eigenvalue weighted by molar-refractivity contribution is 5.88. The van der Waals surface area contributed by atoms with Gasteiger partial charge in [0.1, 0.15) is 18.1 Å². The summed E-state index contributed by atoms with van der Waals surface area (Å²) in [5.74, 6) is 0.862. The molecule has 0 radical (unpaired) electrons. The molecule has 6 nitrogen and oxygen atoms in total. The van der Waals surface area contributed by atoms with Crippen LogP contribution in [-0.4, -0.2) is 17.7 Å². The molecule has 0 fully saturated rings. The number of ether oxygens (including phenoxy) is 1. The first-order valence-corrected chi connectivity index (χ1v) is 6.50. The Morgan fingerprint density at radius 3 is 2.86 bits per heavy atom. The summed E-state index contributed by atoms with van der Waals surface area (Å²) in [6, 6.07) is 11.7. The van der Waals surface area contributed by atoms with Crippen molar-refractivity contribution in [3.63, 3.8) is 0 Å². The van der Waals surface area contributed by atoms with Gasteiger partial charge in [0.05, 0.1) is 6.04 Å². The minimum absolute atomic E-state index is 0.00979. The van der Waals surface area contributed by atoms with Crippen LogP contribution in [0.1, 0.15) is 11.6 Å². The summed E-state index contributed by atoms with van der Waals surface area (Å²) in [6.07, 6.45) is 0. The number of primary amides is 1. The highest BCUT2D eigenvalue weighted by atomic mass is 16.5. The van der Waals surface area contributed by atoms with Gasteiger partial charge >= 0.3 is 6.03 Å². The van der Waals surface area contributed by atoms with Gasteiger partial charge in [0.2, 0.25) is 0 Å². The van der Waals surface area contributed by atoms with Crippen LogP contribution in [0.2, 0.25) is 0 Å². The average molecular weight is 285 g/mol. The van der Waals surface area contributed by atoms with Crippen molar-refractivity contribution in [2.75, 3.05) is 17.2 Å². The predicted molar refractivity (Wildman–Crippen MR) is 79.6 cm³/mol. The first-order chi connectivity index (χ1) is 10.1. The number of nitrogens with one attached hydrogen (secondary N) is 2. The molecule has 0 spiro atoms. The summed E-state index contributed by atoms with van der Waals surface area (Å²) in [4.78, 5) is 10.9. The van der Waals surface area contributed by atoms with Gasteiger partial charge in [-0.1, -0.05) is 6.07 Å². The number of phenolic OH excluding ortho intramolecular Hbond substituents is 1. The first-order valence-electron chi connectivity index (χ1n) is 6.50. The van der Waals surface area contributed by atoms with Gasteiger partial charge in [-0.15, -0.1) is 0 Å². The molecule has 0 saturated carbocycles. The summed E-state index contributed by atoms with van der Waals surface area (Å²) >= 11 is 0. The Balaban J connectivity index is 1.78. The van der Waals surface area contributed by atoms with E-state index in [1.807, 2.05) is 18.2 Å². The van der Waals surface area contributed by atoms with E-state index in [1.165, 1.54) is 0 Å². The van der Waals surface area contributed by atoms with E-state index in [2.05, 4.69) is 10.6 Å². The number of benzene rings is 2. The SMILES string of the molecule is NC(=O)Nc1cccc(NC2COc3cc(O)ccc32)c1. The Bertz CT molecular complexity index is 688. The lowest BCUT2D eigenvalue weighted by Crippen LogP contribution is -2.19. The number of hydrogen-bond acceptors (Lipinski definition) is 4. The van der Waals surface area contributed by atoms with Crippen LogP contribution in [0, 0.1) is 0 Å². The molecule has 108 valence electrons. The Morgan fingerprint density at radius 2 is 2.05 bits per heavy atom. The number of phenols is 1. The van der Waals surface area contributed by atoms with E-state index < -0.39 is 6.03 Å². The molecule has 0 aromatic heterocycles. The number of rotatable bonds is 3. The number of nitrogens with two attached hydrogens (primary N) is 1. The van der Waals surface area contributed by atoms with Gasteiger partial charge < -0.3 is 26.2 Å². The van der Waals surface area contributed by atoms with Crippen molar-refractivity contribution < 1.29 is 14.6 Å². The van der Waals surface area contributed by atoms with Gasteiger partial charge in [-0.2, -0.15) is 0 Å². The van der Waals surface area contributed by atoms with Crippen LogP contribution >= 0.6 is 0 Å². The lowest BCUT2D eigenvalue weighted by molar-refractivity contribution is 0.259. The molecule has 5 N–H and O–H groups in total. The summed E-state index contributed by atoms with van der Waals surface area (Å²) in [5.41, 5.74) is 7.55. The largest absolute Gasteiger partial charge is 0.508 e. The monoisotopic (exact) mass is 285 g/mol. The second kappa shape index (κ2) is 5.24. The van der Waals surface area contributed by atoms with Crippen LogP contribution in [0.5, 0.6) is 11.5 Å². The smallest absolute Gasteiger partial charge is 0.316 e. The second-order valence-corrected chi connectivity index (χ2v) is 4.80. The standard InChI is InChI=1S/C15H15N3O3/c16-15(20)18-10-3-1-2-9(6-10)17-13-8-21-14-7-11(19)4-5-12(13)14/h1-7,13,17,19H,8H2,(H3,16,18,20). The molecular weight excluding hydrogens is 270 g/mol. The van der Waals surface area contributed by atoms with E-state index >= 15 is 0 Å². The third kappa shape index (κ3) is 2.84. The van der Waals surface area contributed by atoms with Crippen molar-refractivity contribution in [3.8, 4) is 11.5 Å². The average Bonchev–Trinajstić information content (AvgIpc) is 2.80. The highest BCUT2D eigenvalue weighted by Gasteiger charge is 2.24. The van der Waals surface area contributed by atoms with Gasteiger partial charge in [0, 0.05) is 23.0 Å². The van der Waals surface area contributed by atoms with E-state index in [1.54, 1.807) is 24.3 Å². The molecule has 2 aromatic rings. The maximum absolute atomic E-state index is 10.9. The molecule has 0 aliphatic carbocycles. The van der Waals surface area contributed by atoms with Crippen molar-refractivity contribution in [2.24, 2.45) is 5.73 Å². The normalized spacial score (nSPS) is 15.9. The Morgan fingerprint density at radius 1 is 1.24 bits per heavy atom. The number of anilines is 2. The number of aromatic hydroxyl groups is 1. The molecule has 1 aliphatic heterocycles. The molecule has 1 atom stereocenters. The third-order valence-electron chi connectivity index (χ3n) is 3.25. The van der Waals surface area contributed by atoms with Crippen LogP contribution in [-0.2, 0) is 0 Å². The first kappa shape index (κ1) is 13.1. The number of hydrogen-bond donors (Lipinski definition) is 4. The second-order valence-electron chi connectivity index (χ2n) is 4.80. The van der Waals surface area contributed by atoms with Gasteiger partial charge in [-0.3, -0.25) is 0 Å². The van der Waals surface area contributed by atoms with E-state index in [0.717, 1.165) is 11.3 Å². The maximum Gasteiger partial charge on any atom is 0.316 e. The van der Waals surface area contributed by atoms with Gasteiger partial charge in [0.15, 0.2) is 0 Å². The summed E-state index contributed by atoms with van der Waals surface area (Å²) in [6.45, 7) is 0.478. The lowest BCUT2D eigenvalue weighted by Gasteiger charge is -2.14. The van der Waals surface area contributed by atoms with Crippen molar-refractivity contribution in [2.45, 2.75) is 6.04 Å². The van der Waals surface area contributed by atoms with Gasteiger partial charge in [-0.05, 0) is 30.3 Å². The molecule has 1 heterocycles. The molecule has 3 rings (SSSR count). The number of fused-ring (bicyclic) bond motifs is 1. The van der Waals surface area contributed by atoms with Crippen molar-refractivity contribution in [3.05, 3.63) is 48.0 Å². The number of urea groups is 1. The quantitative estimate of drug-likeness (QED) is 0.696. The van der Waals surface area contributed by atoms with E-state index in [9.17, 15) is 9.90 Å². The molecule has 21 heavy (non-hydrogen) atoms. The zero-order valence-electron chi connectivity index (χ0n) is 11.2.